The van der Waals surface area contributed by atoms with Crippen molar-refractivity contribution in [2.45, 2.75) is 12.8 Å². The van der Waals surface area contributed by atoms with Crippen molar-refractivity contribution in [3.8, 4) is 17.2 Å². The van der Waals surface area contributed by atoms with Crippen LogP contribution in [0.2, 0.25) is 0 Å². The molecule has 0 aliphatic carbocycles. The first-order chi connectivity index (χ1) is 15.2. The summed E-state index contributed by atoms with van der Waals surface area (Å²) in [7, 11) is 0. The first kappa shape index (κ1) is 19.4. The molecule has 1 amide bonds. The van der Waals surface area contributed by atoms with Gasteiger partial charge in [0.25, 0.3) is 5.91 Å². The molecule has 0 unspecified atom stereocenters. The summed E-state index contributed by atoms with van der Waals surface area (Å²) in [4.78, 5) is 27.7. The normalized spacial score (nSPS) is 16.2. The molecule has 2 aromatic carbocycles. The molecule has 0 atom stereocenters. The van der Waals surface area contributed by atoms with E-state index in [1.807, 2.05) is 58.3 Å². The van der Waals surface area contributed by atoms with E-state index in [1.165, 1.54) is 0 Å². The monoisotopic (exact) mass is 416 g/mol. The van der Waals surface area contributed by atoms with Crippen LogP contribution in [0, 0.1) is 5.92 Å². The van der Waals surface area contributed by atoms with Gasteiger partial charge in [-0.15, -0.1) is 0 Å². The highest BCUT2D eigenvalue weighted by Gasteiger charge is 2.29. The van der Waals surface area contributed by atoms with Crippen LogP contribution in [0.15, 0.2) is 67.0 Å². The molecule has 1 fully saturated rings. The molecular weight excluding hydrogens is 392 g/mol. The summed E-state index contributed by atoms with van der Waals surface area (Å²) in [5, 5.41) is 0. The number of nitrogens with zero attached hydrogens (tertiary/aromatic N) is 2. The van der Waals surface area contributed by atoms with E-state index in [2.05, 4.69) is 0 Å². The van der Waals surface area contributed by atoms with Gasteiger partial charge < -0.3 is 18.9 Å². The third kappa shape index (κ3) is 3.93. The molecule has 31 heavy (non-hydrogen) atoms. The van der Waals surface area contributed by atoms with E-state index in [0.29, 0.717) is 61.8 Å². The molecule has 3 heterocycles. The lowest BCUT2D eigenvalue weighted by Gasteiger charge is -2.31. The predicted molar refractivity (Wildman–Crippen MR) is 116 cm³/mol. The lowest BCUT2D eigenvalue weighted by Crippen LogP contribution is -2.40. The molecule has 6 heteroatoms. The van der Waals surface area contributed by atoms with Crippen molar-refractivity contribution in [3.05, 3.63) is 78.1 Å². The highest BCUT2D eigenvalue weighted by molar-refractivity contribution is 5.99. The number of ether oxygens (including phenoxy) is 2. The first-order valence-corrected chi connectivity index (χ1v) is 10.7. The third-order valence-electron chi connectivity index (χ3n) is 6.00. The van der Waals surface area contributed by atoms with Crippen LogP contribution in [0.3, 0.4) is 0 Å². The smallest absolute Gasteiger partial charge is 0.253 e. The van der Waals surface area contributed by atoms with Gasteiger partial charge in [-0.2, -0.15) is 0 Å². The van der Waals surface area contributed by atoms with E-state index in [0.717, 1.165) is 5.69 Å². The maximum atomic E-state index is 13.0. The van der Waals surface area contributed by atoms with E-state index in [4.69, 9.17) is 9.47 Å². The van der Waals surface area contributed by atoms with Crippen LogP contribution in [-0.4, -0.2) is 47.5 Å². The predicted octanol–water partition coefficient (Wildman–Crippen LogP) is 3.98. The van der Waals surface area contributed by atoms with Crippen molar-refractivity contribution < 1.29 is 19.1 Å². The number of amides is 1. The number of fused-ring (bicyclic) bond motifs is 1. The van der Waals surface area contributed by atoms with Crippen LogP contribution in [0.4, 0.5) is 0 Å². The van der Waals surface area contributed by atoms with E-state index in [9.17, 15) is 9.59 Å². The quantitative estimate of drug-likeness (QED) is 0.604. The minimum absolute atomic E-state index is 0.0179. The lowest BCUT2D eigenvalue weighted by atomic mass is 9.88. The maximum Gasteiger partial charge on any atom is 0.253 e. The number of Topliss-reactive ketones (excluding diaryl/α,β-unsaturated/α-hetero) is 1. The summed E-state index contributed by atoms with van der Waals surface area (Å²) in [6.07, 6.45) is 5.28. The summed E-state index contributed by atoms with van der Waals surface area (Å²) in [5.41, 5.74) is 2.34. The van der Waals surface area contributed by atoms with Gasteiger partial charge in [0, 0.05) is 48.2 Å². The van der Waals surface area contributed by atoms with Crippen LogP contribution in [0.1, 0.15) is 33.6 Å². The van der Waals surface area contributed by atoms with Crippen molar-refractivity contribution in [1.82, 2.24) is 9.47 Å². The second kappa shape index (κ2) is 8.30. The van der Waals surface area contributed by atoms with Crippen molar-refractivity contribution in [1.29, 1.82) is 0 Å². The average molecular weight is 416 g/mol. The molecule has 6 nitrogen and oxygen atoms in total. The largest absolute Gasteiger partial charge is 0.486 e. The molecule has 0 saturated carbocycles. The molecule has 1 saturated heterocycles. The highest BCUT2D eigenvalue weighted by Crippen LogP contribution is 2.32. The number of ketones is 1. The van der Waals surface area contributed by atoms with Gasteiger partial charge in [0.15, 0.2) is 17.3 Å². The van der Waals surface area contributed by atoms with Crippen molar-refractivity contribution in [2.24, 2.45) is 5.92 Å². The van der Waals surface area contributed by atoms with Gasteiger partial charge in [-0.1, -0.05) is 0 Å². The van der Waals surface area contributed by atoms with E-state index < -0.39 is 0 Å². The molecule has 0 radical (unpaired) electrons. The standard InChI is InChI=1S/C25H24N2O4/c28-24(20-5-8-22-23(17-20)31-16-15-30-22)18-9-13-27(14-10-18)25(29)19-3-6-21(7-4-19)26-11-1-2-12-26/h1-8,11-12,17-18H,9-10,13-16H2. The highest BCUT2D eigenvalue weighted by atomic mass is 16.6. The first-order valence-electron chi connectivity index (χ1n) is 10.7. The molecule has 2 aliphatic heterocycles. The molecule has 3 aromatic rings. The summed E-state index contributed by atoms with van der Waals surface area (Å²) in [6.45, 7) is 2.19. The van der Waals surface area contributed by atoms with Crippen LogP contribution in [0.25, 0.3) is 5.69 Å². The molecule has 2 aliphatic rings. The topological polar surface area (TPSA) is 60.8 Å². The van der Waals surface area contributed by atoms with Crippen LogP contribution in [-0.2, 0) is 0 Å². The van der Waals surface area contributed by atoms with Gasteiger partial charge in [0.05, 0.1) is 0 Å². The molecule has 158 valence electrons. The Morgan fingerprint density at radius 3 is 2.16 bits per heavy atom. The van der Waals surface area contributed by atoms with Gasteiger partial charge in [-0.25, -0.2) is 0 Å². The van der Waals surface area contributed by atoms with Crippen LogP contribution < -0.4 is 9.47 Å². The van der Waals surface area contributed by atoms with Gasteiger partial charge in [0.2, 0.25) is 0 Å². The Morgan fingerprint density at radius 2 is 1.45 bits per heavy atom. The number of carbonyl (C=O) groups excluding carboxylic acids is 2. The Labute approximate surface area is 181 Å². The van der Waals surface area contributed by atoms with Crippen LogP contribution >= 0.6 is 0 Å². The number of benzene rings is 2. The van der Waals surface area contributed by atoms with Crippen LogP contribution in [0.5, 0.6) is 11.5 Å². The minimum atomic E-state index is -0.0808. The van der Waals surface area contributed by atoms with Crippen molar-refractivity contribution in [3.63, 3.8) is 0 Å². The van der Waals surface area contributed by atoms with E-state index in [-0.39, 0.29) is 17.6 Å². The summed E-state index contributed by atoms with van der Waals surface area (Å²) >= 11 is 0. The Hall–Kier alpha value is -3.54. The molecule has 0 N–H and O–H groups in total. The molecule has 5 rings (SSSR count). The number of hydrogen-bond acceptors (Lipinski definition) is 4. The van der Waals surface area contributed by atoms with Gasteiger partial charge in [0.1, 0.15) is 13.2 Å². The van der Waals surface area contributed by atoms with E-state index >= 15 is 0 Å². The minimum Gasteiger partial charge on any atom is -0.486 e. The number of carbonyl (C=O) groups is 2. The number of piperidine rings is 1. The van der Waals surface area contributed by atoms with Gasteiger partial charge in [-0.05, 0) is 67.4 Å². The lowest BCUT2D eigenvalue weighted by molar-refractivity contribution is 0.0650. The summed E-state index contributed by atoms with van der Waals surface area (Å²) in [6, 6.07) is 17.0. The zero-order chi connectivity index (χ0) is 21.2. The number of rotatable bonds is 4. The Morgan fingerprint density at radius 1 is 0.806 bits per heavy atom. The third-order valence-corrected chi connectivity index (χ3v) is 6.00. The molecular formula is C25H24N2O4. The summed E-state index contributed by atoms with van der Waals surface area (Å²) < 4.78 is 13.1. The second-order valence-electron chi connectivity index (χ2n) is 7.93. The molecule has 0 bridgehead atoms. The Balaban J connectivity index is 1.21. The number of hydrogen-bond donors (Lipinski definition) is 0. The zero-order valence-electron chi connectivity index (χ0n) is 17.2. The average Bonchev–Trinajstić information content (AvgIpc) is 3.38. The fourth-order valence-corrected chi connectivity index (χ4v) is 4.24. The Kier molecular flexibility index (Phi) is 5.20. The number of likely N-dealkylation sites (tertiary alicyclic amines) is 1. The maximum absolute atomic E-state index is 13.0. The Bertz CT molecular complexity index is 1080. The zero-order valence-corrected chi connectivity index (χ0v) is 17.2. The second-order valence-corrected chi connectivity index (χ2v) is 7.93. The van der Waals surface area contributed by atoms with Gasteiger partial charge >= 0.3 is 0 Å². The molecule has 0 spiro atoms. The van der Waals surface area contributed by atoms with Gasteiger partial charge in [-0.3, -0.25) is 9.59 Å². The fourth-order valence-electron chi connectivity index (χ4n) is 4.24. The van der Waals surface area contributed by atoms with Crippen molar-refractivity contribution in [2.75, 3.05) is 26.3 Å². The molecule has 1 aromatic heterocycles. The SMILES string of the molecule is O=C(c1ccc2c(c1)OCCO2)C1CCN(C(=O)c2ccc(-n3cccc3)cc2)CC1. The van der Waals surface area contributed by atoms with Crippen molar-refractivity contribution >= 4 is 11.7 Å². The summed E-state index contributed by atoms with van der Waals surface area (Å²) in [5.74, 6) is 1.37. The number of aromatic nitrogens is 1. The van der Waals surface area contributed by atoms with E-state index in [1.54, 1.807) is 18.2 Å². The fraction of sp³-hybridized carbons (Fsp3) is 0.280.